The number of thiophene rings is 1. The predicted molar refractivity (Wildman–Crippen MR) is 92.2 cm³/mol. The van der Waals surface area contributed by atoms with E-state index in [9.17, 15) is 4.79 Å². The summed E-state index contributed by atoms with van der Waals surface area (Å²) in [5, 5.41) is 5.22. The highest BCUT2D eigenvalue weighted by atomic mass is 32.1. The molecular weight excluding hydrogens is 298 g/mol. The molecule has 6 heteroatoms. The molecule has 1 aromatic heterocycles. The fraction of sp³-hybridized carbons (Fsp3) is 0.625. The summed E-state index contributed by atoms with van der Waals surface area (Å²) < 4.78 is 4.60. The van der Waals surface area contributed by atoms with Gasteiger partial charge in [0.2, 0.25) is 0 Å². The molecule has 3 N–H and O–H groups in total. The standard InChI is InChI=1S/C16H27N3O2S/c1-21-15(20)9-5-3-2-4-6-11-18-16(17)19-12-10-14-8-7-13-22-14/h7-8,13H,2-6,9-12H2,1H3,(H3,17,18,19). The number of methoxy groups -OCH3 is 1. The van der Waals surface area contributed by atoms with Crippen molar-refractivity contribution in [2.45, 2.75) is 44.9 Å². The van der Waals surface area contributed by atoms with Crippen molar-refractivity contribution in [3.8, 4) is 0 Å². The number of hydrogen-bond donors (Lipinski definition) is 2. The lowest BCUT2D eigenvalue weighted by atomic mass is 10.1. The van der Waals surface area contributed by atoms with Gasteiger partial charge >= 0.3 is 5.97 Å². The Morgan fingerprint density at radius 3 is 2.82 bits per heavy atom. The Bertz CT molecular complexity index is 433. The Labute approximate surface area is 137 Å². The molecule has 5 nitrogen and oxygen atoms in total. The summed E-state index contributed by atoms with van der Waals surface area (Å²) in [6.45, 7) is 1.58. The lowest BCUT2D eigenvalue weighted by molar-refractivity contribution is -0.140. The van der Waals surface area contributed by atoms with Gasteiger partial charge in [-0.15, -0.1) is 11.3 Å². The van der Waals surface area contributed by atoms with Crippen LogP contribution in [0.3, 0.4) is 0 Å². The summed E-state index contributed by atoms with van der Waals surface area (Å²) in [5.41, 5.74) is 5.82. The van der Waals surface area contributed by atoms with Crippen molar-refractivity contribution in [2.75, 3.05) is 20.2 Å². The molecule has 22 heavy (non-hydrogen) atoms. The zero-order valence-electron chi connectivity index (χ0n) is 13.3. The number of esters is 1. The van der Waals surface area contributed by atoms with E-state index in [4.69, 9.17) is 5.73 Å². The van der Waals surface area contributed by atoms with Crippen molar-refractivity contribution in [1.82, 2.24) is 5.32 Å². The number of unbranched alkanes of at least 4 members (excludes halogenated alkanes) is 4. The SMILES string of the molecule is COC(=O)CCCCCCCN=C(N)NCCc1cccs1. The Morgan fingerprint density at radius 2 is 2.09 bits per heavy atom. The third kappa shape index (κ3) is 9.39. The van der Waals surface area contributed by atoms with E-state index in [1.807, 2.05) is 0 Å². The van der Waals surface area contributed by atoms with Gasteiger partial charge in [-0.2, -0.15) is 0 Å². The third-order valence-electron chi connectivity index (χ3n) is 3.31. The summed E-state index contributed by atoms with van der Waals surface area (Å²) in [7, 11) is 1.43. The van der Waals surface area contributed by atoms with Crippen LogP contribution >= 0.6 is 11.3 Å². The molecule has 0 unspecified atom stereocenters. The van der Waals surface area contributed by atoms with Crippen LogP contribution in [-0.4, -0.2) is 32.1 Å². The van der Waals surface area contributed by atoms with Crippen LogP contribution in [0.25, 0.3) is 0 Å². The minimum absolute atomic E-state index is 0.119. The Morgan fingerprint density at radius 1 is 1.32 bits per heavy atom. The van der Waals surface area contributed by atoms with Gasteiger partial charge < -0.3 is 15.8 Å². The van der Waals surface area contributed by atoms with Crippen molar-refractivity contribution in [1.29, 1.82) is 0 Å². The van der Waals surface area contributed by atoms with Crippen LogP contribution in [-0.2, 0) is 16.0 Å². The summed E-state index contributed by atoms with van der Waals surface area (Å²) in [6, 6.07) is 4.18. The normalized spacial score (nSPS) is 11.4. The second-order valence-electron chi connectivity index (χ2n) is 5.12. The van der Waals surface area contributed by atoms with Crippen LogP contribution < -0.4 is 11.1 Å². The third-order valence-corrected chi connectivity index (χ3v) is 4.24. The number of hydrogen-bond acceptors (Lipinski definition) is 4. The van der Waals surface area contributed by atoms with Crippen LogP contribution in [0.4, 0.5) is 0 Å². The number of nitrogens with two attached hydrogens (primary N) is 1. The van der Waals surface area contributed by atoms with Gasteiger partial charge in [0.1, 0.15) is 0 Å². The first-order chi connectivity index (χ1) is 10.7. The quantitative estimate of drug-likeness (QED) is 0.284. The molecule has 0 bridgehead atoms. The molecular formula is C16H27N3O2S. The fourth-order valence-corrected chi connectivity index (χ4v) is 2.75. The molecule has 0 spiro atoms. The van der Waals surface area contributed by atoms with Crippen LogP contribution in [0, 0.1) is 0 Å². The molecule has 0 aromatic carbocycles. The molecule has 0 saturated heterocycles. The summed E-state index contributed by atoms with van der Waals surface area (Å²) in [4.78, 5) is 16.6. The fourth-order valence-electron chi connectivity index (χ4n) is 2.04. The minimum Gasteiger partial charge on any atom is -0.469 e. The zero-order valence-corrected chi connectivity index (χ0v) is 14.2. The van der Waals surface area contributed by atoms with E-state index in [1.54, 1.807) is 11.3 Å². The van der Waals surface area contributed by atoms with E-state index in [-0.39, 0.29) is 5.97 Å². The molecule has 0 radical (unpaired) electrons. The summed E-state index contributed by atoms with van der Waals surface area (Å²) in [5.74, 6) is 0.410. The number of nitrogens with zero attached hydrogens (tertiary/aromatic N) is 1. The maximum absolute atomic E-state index is 10.9. The van der Waals surface area contributed by atoms with Gasteiger partial charge in [-0.25, -0.2) is 0 Å². The monoisotopic (exact) mass is 325 g/mol. The van der Waals surface area contributed by atoms with Crippen molar-refractivity contribution in [3.05, 3.63) is 22.4 Å². The van der Waals surface area contributed by atoms with Gasteiger partial charge in [-0.1, -0.05) is 25.3 Å². The van der Waals surface area contributed by atoms with Crippen molar-refractivity contribution < 1.29 is 9.53 Å². The smallest absolute Gasteiger partial charge is 0.305 e. The van der Waals surface area contributed by atoms with E-state index < -0.39 is 0 Å². The van der Waals surface area contributed by atoms with Crippen LogP contribution in [0.2, 0.25) is 0 Å². The van der Waals surface area contributed by atoms with Gasteiger partial charge in [0, 0.05) is 24.4 Å². The molecule has 0 aliphatic heterocycles. The van der Waals surface area contributed by atoms with Gasteiger partial charge in [-0.05, 0) is 30.7 Å². The van der Waals surface area contributed by atoms with E-state index in [2.05, 4.69) is 32.6 Å². The highest BCUT2D eigenvalue weighted by Gasteiger charge is 1.99. The molecule has 124 valence electrons. The summed E-state index contributed by atoms with van der Waals surface area (Å²) in [6.07, 6.45) is 6.75. The Balaban J connectivity index is 1.92. The second kappa shape index (κ2) is 12.0. The number of rotatable bonds is 11. The molecule has 0 atom stereocenters. The largest absolute Gasteiger partial charge is 0.469 e. The summed E-state index contributed by atoms with van der Waals surface area (Å²) >= 11 is 1.76. The van der Waals surface area contributed by atoms with Crippen molar-refractivity contribution >= 4 is 23.3 Å². The van der Waals surface area contributed by atoms with Crippen LogP contribution in [0.5, 0.6) is 0 Å². The van der Waals surface area contributed by atoms with E-state index >= 15 is 0 Å². The number of carbonyl (C=O) groups is 1. The molecule has 0 fully saturated rings. The van der Waals surface area contributed by atoms with Crippen LogP contribution in [0.1, 0.15) is 43.4 Å². The minimum atomic E-state index is -0.119. The number of aliphatic imine (C=N–C) groups is 1. The first kappa shape index (κ1) is 18.5. The van der Waals surface area contributed by atoms with Crippen molar-refractivity contribution in [3.63, 3.8) is 0 Å². The average Bonchev–Trinajstić information content (AvgIpc) is 3.03. The second-order valence-corrected chi connectivity index (χ2v) is 6.15. The number of nitrogens with one attached hydrogen (secondary N) is 1. The lowest BCUT2D eigenvalue weighted by Crippen LogP contribution is -2.33. The van der Waals surface area contributed by atoms with Crippen molar-refractivity contribution in [2.24, 2.45) is 10.7 Å². The van der Waals surface area contributed by atoms with Crippen LogP contribution in [0.15, 0.2) is 22.5 Å². The average molecular weight is 325 g/mol. The number of guanidine groups is 1. The van der Waals surface area contributed by atoms with Gasteiger partial charge in [-0.3, -0.25) is 9.79 Å². The van der Waals surface area contributed by atoms with E-state index in [0.717, 1.165) is 51.6 Å². The molecule has 1 heterocycles. The lowest BCUT2D eigenvalue weighted by Gasteiger charge is -2.04. The molecule has 1 aromatic rings. The predicted octanol–water partition coefficient (Wildman–Crippen LogP) is 2.71. The molecule has 0 aliphatic rings. The maximum atomic E-state index is 10.9. The van der Waals surface area contributed by atoms with Gasteiger partial charge in [0.05, 0.1) is 7.11 Å². The van der Waals surface area contributed by atoms with Gasteiger partial charge in [0.15, 0.2) is 5.96 Å². The topological polar surface area (TPSA) is 76.7 Å². The first-order valence-corrected chi connectivity index (χ1v) is 8.73. The maximum Gasteiger partial charge on any atom is 0.305 e. The molecule has 0 saturated carbocycles. The number of ether oxygens (including phenoxy) is 1. The highest BCUT2D eigenvalue weighted by molar-refractivity contribution is 7.09. The zero-order chi connectivity index (χ0) is 16.0. The van der Waals surface area contributed by atoms with E-state index in [1.165, 1.54) is 12.0 Å². The van der Waals surface area contributed by atoms with E-state index in [0.29, 0.717) is 12.4 Å². The Kier molecular flexibility index (Phi) is 10.1. The highest BCUT2D eigenvalue weighted by Crippen LogP contribution is 2.08. The molecule has 0 amide bonds. The molecule has 1 rings (SSSR count). The molecule has 0 aliphatic carbocycles. The first-order valence-electron chi connectivity index (χ1n) is 7.85. The van der Waals surface area contributed by atoms with Gasteiger partial charge in [0.25, 0.3) is 0 Å². The Hall–Kier alpha value is -1.56. The number of carbonyl (C=O) groups excluding carboxylic acids is 1.